The van der Waals surface area contributed by atoms with Gasteiger partial charge in [-0.1, -0.05) is 18.2 Å². The lowest BCUT2D eigenvalue weighted by atomic mass is 9.98. The van der Waals surface area contributed by atoms with E-state index in [9.17, 15) is 5.11 Å². The summed E-state index contributed by atoms with van der Waals surface area (Å²) in [6.07, 6.45) is 6.52. The van der Waals surface area contributed by atoms with Crippen molar-refractivity contribution >= 4 is 59.9 Å². The zero-order valence-corrected chi connectivity index (χ0v) is 18.2. The Balaban J connectivity index is 1.42. The topological polar surface area (TPSA) is 74.2 Å². The highest BCUT2D eigenvalue weighted by atomic mass is 32.1. The van der Waals surface area contributed by atoms with Gasteiger partial charge in [-0.15, -0.1) is 22.7 Å². The van der Waals surface area contributed by atoms with Gasteiger partial charge in [0.2, 0.25) is 5.95 Å². The molecule has 0 radical (unpaired) electrons. The van der Waals surface area contributed by atoms with Crippen molar-refractivity contribution in [3.05, 3.63) is 35.3 Å². The zero-order valence-electron chi connectivity index (χ0n) is 16.5. The SMILES string of the molecule is OCC1CCN(c2nc(Nc3ncc(C4CC4)s3)c3sc4ccccc4c3n2)CC1. The Bertz CT molecular complexity index is 1210. The van der Waals surface area contributed by atoms with Gasteiger partial charge >= 0.3 is 0 Å². The number of rotatable bonds is 5. The van der Waals surface area contributed by atoms with E-state index in [1.807, 2.05) is 6.20 Å². The Morgan fingerprint density at radius 1 is 1.07 bits per heavy atom. The molecule has 8 heteroatoms. The summed E-state index contributed by atoms with van der Waals surface area (Å²) in [5.41, 5.74) is 1.01. The van der Waals surface area contributed by atoms with Crippen molar-refractivity contribution in [1.82, 2.24) is 15.0 Å². The maximum Gasteiger partial charge on any atom is 0.227 e. The maximum atomic E-state index is 9.47. The molecule has 3 aromatic heterocycles. The molecule has 1 aromatic carbocycles. The van der Waals surface area contributed by atoms with E-state index in [4.69, 9.17) is 9.97 Å². The Kier molecular flexibility index (Phi) is 4.58. The molecular formula is C22H23N5OS2. The number of fused-ring (bicyclic) bond motifs is 3. The summed E-state index contributed by atoms with van der Waals surface area (Å²) in [7, 11) is 0. The predicted molar refractivity (Wildman–Crippen MR) is 124 cm³/mol. The van der Waals surface area contributed by atoms with Gasteiger partial charge in [-0.2, -0.15) is 4.98 Å². The molecule has 6 nitrogen and oxygen atoms in total. The van der Waals surface area contributed by atoms with Crippen LogP contribution in [0.5, 0.6) is 0 Å². The smallest absolute Gasteiger partial charge is 0.227 e. The maximum absolute atomic E-state index is 9.47. The highest BCUT2D eigenvalue weighted by Crippen LogP contribution is 2.44. The third kappa shape index (κ3) is 3.33. The number of aromatic nitrogens is 3. The number of nitrogens with one attached hydrogen (secondary N) is 1. The number of aliphatic hydroxyl groups is 1. The van der Waals surface area contributed by atoms with E-state index in [2.05, 4.69) is 39.5 Å². The lowest BCUT2D eigenvalue weighted by molar-refractivity contribution is 0.202. The molecule has 0 amide bonds. The monoisotopic (exact) mass is 437 g/mol. The summed E-state index contributed by atoms with van der Waals surface area (Å²) < 4.78 is 2.30. The van der Waals surface area contributed by atoms with Crippen molar-refractivity contribution in [1.29, 1.82) is 0 Å². The summed E-state index contributed by atoms with van der Waals surface area (Å²) in [6.45, 7) is 2.02. The minimum absolute atomic E-state index is 0.267. The largest absolute Gasteiger partial charge is 0.396 e. The minimum Gasteiger partial charge on any atom is -0.396 e. The number of hydrogen-bond acceptors (Lipinski definition) is 8. The van der Waals surface area contributed by atoms with Gasteiger partial charge in [0.05, 0.1) is 10.2 Å². The molecule has 0 spiro atoms. The molecule has 2 aliphatic rings. The first kappa shape index (κ1) is 18.5. The van der Waals surface area contributed by atoms with Gasteiger partial charge in [0.15, 0.2) is 10.9 Å². The van der Waals surface area contributed by atoms with Crippen molar-refractivity contribution in [3.8, 4) is 0 Å². The van der Waals surface area contributed by atoms with Crippen LogP contribution in [0.1, 0.15) is 36.5 Å². The first-order valence-corrected chi connectivity index (χ1v) is 12.2. The molecule has 4 aromatic rings. The Labute approximate surface area is 182 Å². The van der Waals surface area contributed by atoms with E-state index in [-0.39, 0.29) is 6.61 Å². The molecule has 0 bridgehead atoms. The molecule has 0 unspecified atom stereocenters. The standard InChI is InChI=1S/C22H23N5OS2/c28-12-13-7-9-27(10-8-13)21-24-18-15-3-1-2-4-16(15)29-19(18)20(25-21)26-22-23-11-17(30-22)14-5-6-14/h1-4,11,13-14,28H,5-10,12H2,(H,23,24,25,26). The van der Waals surface area contributed by atoms with Crippen molar-refractivity contribution in [2.45, 2.75) is 31.6 Å². The van der Waals surface area contributed by atoms with Gasteiger partial charge in [-0.25, -0.2) is 9.97 Å². The Hall–Kier alpha value is -2.29. The van der Waals surface area contributed by atoms with E-state index >= 15 is 0 Å². The molecular weight excluding hydrogens is 414 g/mol. The van der Waals surface area contributed by atoms with Crippen LogP contribution >= 0.6 is 22.7 Å². The molecule has 1 saturated carbocycles. The lowest BCUT2D eigenvalue weighted by Crippen LogP contribution is -2.35. The third-order valence-corrected chi connectivity index (χ3v) is 8.33. The van der Waals surface area contributed by atoms with Crippen molar-refractivity contribution in [3.63, 3.8) is 0 Å². The summed E-state index contributed by atoms with van der Waals surface area (Å²) in [5, 5.41) is 15.1. The van der Waals surface area contributed by atoms with Crippen LogP contribution in [0.2, 0.25) is 0 Å². The lowest BCUT2D eigenvalue weighted by Gasteiger charge is -2.31. The fourth-order valence-electron chi connectivity index (χ4n) is 4.12. The molecule has 0 atom stereocenters. The first-order valence-electron chi connectivity index (χ1n) is 10.6. The van der Waals surface area contributed by atoms with Gasteiger partial charge in [0.25, 0.3) is 0 Å². The highest BCUT2D eigenvalue weighted by Gasteiger charge is 2.26. The van der Waals surface area contributed by atoms with Gasteiger partial charge < -0.3 is 15.3 Å². The zero-order chi connectivity index (χ0) is 20.1. The molecule has 6 rings (SSSR count). The van der Waals surface area contributed by atoms with Gasteiger partial charge in [-0.3, -0.25) is 0 Å². The van der Waals surface area contributed by atoms with Gasteiger partial charge in [-0.05, 0) is 43.6 Å². The van der Waals surface area contributed by atoms with E-state index < -0.39 is 0 Å². The van der Waals surface area contributed by atoms with Crippen LogP contribution in [0.3, 0.4) is 0 Å². The summed E-state index contributed by atoms with van der Waals surface area (Å²) in [5.74, 6) is 2.71. The molecule has 1 saturated heterocycles. The number of thiophene rings is 1. The molecule has 1 aliphatic heterocycles. The van der Waals surface area contributed by atoms with Crippen LogP contribution in [-0.2, 0) is 0 Å². The Morgan fingerprint density at radius 2 is 1.90 bits per heavy atom. The molecule has 2 fully saturated rings. The highest BCUT2D eigenvalue weighted by molar-refractivity contribution is 7.26. The van der Waals surface area contributed by atoms with Crippen molar-refractivity contribution < 1.29 is 5.11 Å². The summed E-state index contributed by atoms with van der Waals surface area (Å²) >= 11 is 3.47. The Morgan fingerprint density at radius 3 is 2.70 bits per heavy atom. The second kappa shape index (κ2) is 7.44. The minimum atomic E-state index is 0.267. The summed E-state index contributed by atoms with van der Waals surface area (Å²) in [6, 6.07) is 8.42. The van der Waals surface area contributed by atoms with E-state index in [0.29, 0.717) is 11.8 Å². The second-order valence-electron chi connectivity index (χ2n) is 8.23. The first-order chi connectivity index (χ1) is 14.8. The molecule has 30 heavy (non-hydrogen) atoms. The third-order valence-electron chi connectivity index (χ3n) is 6.09. The average molecular weight is 438 g/mol. The van der Waals surface area contributed by atoms with Crippen LogP contribution in [0.4, 0.5) is 16.9 Å². The van der Waals surface area contributed by atoms with E-state index in [1.54, 1.807) is 22.7 Å². The van der Waals surface area contributed by atoms with Crippen molar-refractivity contribution in [2.24, 2.45) is 5.92 Å². The number of thiazole rings is 1. The van der Waals surface area contributed by atoms with E-state index in [1.165, 1.54) is 27.8 Å². The number of benzene rings is 1. The molecule has 1 aliphatic carbocycles. The number of piperidine rings is 1. The number of aliphatic hydroxyl groups excluding tert-OH is 1. The van der Waals surface area contributed by atoms with Crippen molar-refractivity contribution in [2.75, 3.05) is 29.9 Å². The molecule has 2 N–H and O–H groups in total. The quantitative estimate of drug-likeness (QED) is 0.451. The van der Waals surface area contributed by atoms with Crippen LogP contribution in [0.15, 0.2) is 30.5 Å². The van der Waals surface area contributed by atoms with Crippen LogP contribution in [0.25, 0.3) is 20.3 Å². The van der Waals surface area contributed by atoms with Crippen LogP contribution in [-0.4, -0.2) is 39.8 Å². The van der Waals surface area contributed by atoms with Gasteiger partial charge in [0, 0.05) is 40.9 Å². The van der Waals surface area contributed by atoms with Gasteiger partial charge in [0.1, 0.15) is 0 Å². The normalized spacial score (nSPS) is 17.8. The summed E-state index contributed by atoms with van der Waals surface area (Å²) in [4.78, 5) is 18.2. The predicted octanol–water partition coefficient (Wildman–Crippen LogP) is 5.13. The van der Waals surface area contributed by atoms with Crippen LogP contribution in [0, 0.1) is 5.92 Å². The number of hydrogen-bond donors (Lipinski definition) is 2. The number of anilines is 3. The number of nitrogens with zero attached hydrogens (tertiary/aromatic N) is 4. The fraction of sp³-hybridized carbons (Fsp3) is 0.409. The fourth-order valence-corrected chi connectivity index (χ4v) is 6.19. The molecule has 154 valence electrons. The average Bonchev–Trinajstić information content (AvgIpc) is 3.42. The second-order valence-corrected chi connectivity index (χ2v) is 10.3. The van der Waals surface area contributed by atoms with E-state index in [0.717, 1.165) is 53.0 Å². The molecule has 4 heterocycles. The van der Waals surface area contributed by atoms with Crippen LogP contribution < -0.4 is 10.2 Å².